The van der Waals surface area contributed by atoms with E-state index in [1.54, 1.807) is 0 Å². The number of ether oxygens (including phenoxy) is 1. The highest BCUT2D eigenvalue weighted by Gasteiger charge is 2.20. The van der Waals surface area contributed by atoms with Gasteiger partial charge in [0.1, 0.15) is 5.65 Å². The van der Waals surface area contributed by atoms with Crippen molar-refractivity contribution in [2.75, 3.05) is 38.7 Å². The summed E-state index contributed by atoms with van der Waals surface area (Å²) in [5, 5.41) is 5.46. The summed E-state index contributed by atoms with van der Waals surface area (Å²) >= 11 is 0. The molecule has 2 aromatic heterocycles. The molecule has 1 saturated heterocycles. The third-order valence-electron chi connectivity index (χ3n) is 6.71. The molecule has 0 bridgehead atoms. The molecule has 0 unspecified atom stereocenters. The van der Waals surface area contributed by atoms with Crippen LogP contribution in [0.1, 0.15) is 10.4 Å². The van der Waals surface area contributed by atoms with E-state index in [1.165, 1.54) is 0 Å². The van der Waals surface area contributed by atoms with Gasteiger partial charge in [0.05, 0.1) is 13.2 Å². The van der Waals surface area contributed by atoms with Crippen molar-refractivity contribution in [3.63, 3.8) is 0 Å². The van der Waals surface area contributed by atoms with Gasteiger partial charge in [-0.1, -0.05) is 42.5 Å². The minimum Gasteiger partial charge on any atom is -0.388 e. The molecule has 6 nitrogen and oxygen atoms in total. The number of amides is 1. The summed E-state index contributed by atoms with van der Waals surface area (Å²) in [6.45, 7) is 2.45. The molecule has 2 N–H and O–H groups in total. The van der Waals surface area contributed by atoms with Crippen LogP contribution < -0.4 is 5.32 Å². The third-order valence-corrected chi connectivity index (χ3v) is 6.71. The van der Waals surface area contributed by atoms with E-state index in [4.69, 9.17) is 9.72 Å². The Kier molecular flexibility index (Phi) is 5.43. The summed E-state index contributed by atoms with van der Waals surface area (Å²) in [5.74, 6) is 0.0490. The lowest BCUT2D eigenvalue weighted by atomic mass is 9.92. The molecule has 6 rings (SSSR count). The van der Waals surface area contributed by atoms with E-state index in [2.05, 4.69) is 52.8 Å². The van der Waals surface area contributed by atoms with E-state index in [-0.39, 0.29) is 5.91 Å². The van der Waals surface area contributed by atoms with Crippen molar-refractivity contribution in [2.24, 2.45) is 0 Å². The predicted molar refractivity (Wildman–Crippen MR) is 141 cm³/mol. The Hall–Kier alpha value is -4.16. The molecule has 1 aliphatic heterocycles. The molecule has 0 aliphatic carbocycles. The molecule has 6 heteroatoms. The minimum atomic E-state index is 0.0490. The smallest absolute Gasteiger partial charge is 0.254 e. The van der Waals surface area contributed by atoms with Gasteiger partial charge in [-0.3, -0.25) is 4.79 Å². The molecule has 3 aromatic carbocycles. The second-order valence-electron chi connectivity index (χ2n) is 8.75. The molecule has 1 fully saturated rings. The fourth-order valence-electron chi connectivity index (χ4n) is 4.88. The first-order valence-electron chi connectivity index (χ1n) is 11.9. The average Bonchev–Trinajstić information content (AvgIpc) is 3.31. The van der Waals surface area contributed by atoms with E-state index in [0.717, 1.165) is 49.9 Å². The summed E-state index contributed by atoms with van der Waals surface area (Å²) in [4.78, 5) is 23.1. The number of pyridine rings is 1. The van der Waals surface area contributed by atoms with Gasteiger partial charge in [-0.15, -0.1) is 0 Å². The third kappa shape index (κ3) is 3.82. The van der Waals surface area contributed by atoms with E-state index >= 15 is 0 Å². The molecule has 1 amide bonds. The molecular weight excluding hydrogens is 436 g/mol. The number of hydrogen-bond acceptors (Lipinski definition) is 4. The molecule has 0 saturated carbocycles. The van der Waals surface area contributed by atoms with E-state index in [0.29, 0.717) is 31.9 Å². The number of carbonyl (C=O) groups excluding carboxylic acids is 1. The maximum Gasteiger partial charge on any atom is 0.254 e. The van der Waals surface area contributed by atoms with Crippen LogP contribution in [0.25, 0.3) is 44.2 Å². The maximum absolute atomic E-state index is 12.9. The minimum absolute atomic E-state index is 0.0490. The van der Waals surface area contributed by atoms with E-state index in [1.807, 2.05) is 48.5 Å². The SMILES string of the molecule is CNc1ccc2[nH]c3ncc(-c4ccc(C(=O)N5CCOCC5)cc4)c(-c4ccccc4)c3c2c1. The van der Waals surface area contributed by atoms with Crippen molar-refractivity contribution in [3.8, 4) is 22.3 Å². The number of fused-ring (bicyclic) bond motifs is 3. The van der Waals surface area contributed by atoms with Gasteiger partial charge >= 0.3 is 0 Å². The van der Waals surface area contributed by atoms with Crippen LogP contribution in [0.4, 0.5) is 5.69 Å². The zero-order chi connectivity index (χ0) is 23.8. The summed E-state index contributed by atoms with van der Waals surface area (Å²) in [5.41, 5.74) is 7.95. The van der Waals surface area contributed by atoms with Crippen molar-refractivity contribution in [1.82, 2.24) is 14.9 Å². The molecule has 174 valence electrons. The molecule has 0 spiro atoms. The first-order valence-corrected chi connectivity index (χ1v) is 11.9. The number of morpholine rings is 1. The summed E-state index contributed by atoms with van der Waals surface area (Å²) in [6, 6.07) is 24.6. The Balaban J connectivity index is 1.51. The Morgan fingerprint density at radius 1 is 0.971 bits per heavy atom. The van der Waals surface area contributed by atoms with Gasteiger partial charge in [0.15, 0.2) is 0 Å². The number of carbonyl (C=O) groups is 1. The van der Waals surface area contributed by atoms with Gasteiger partial charge in [-0.2, -0.15) is 0 Å². The number of anilines is 1. The standard InChI is InChI=1S/C29H26N4O2/c1-30-22-11-12-25-23(17-22)27-26(20-5-3-2-4-6-20)24(18-31-28(27)32-25)19-7-9-21(10-8-19)29(34)33-13-15-35-16-14-33/h2-12,17-18,30H,13-16H2,1H3,(H,31,32). The number of aromatic amines is 1. The second-order valence-corrected chi connectivity index (χ2v) is 8.75. The van der Waals surface area contributed by atoms with Crippen molar-refractivity contribution in [1.29, 1.82) is 0 Å². The van der Waals surface area contributed by atoms with Crippen LogP contribution in [0.5, 0.6) is 0 Å². The average molecular weight is 463 g/mol. The van der Waals surface area contributed by atoms with Gasteiger partial charge in [-0.25, -0.2) is 4.98 Å². The summed E-state index contributed by atoms with van der Waals surface area (Å²) < 4.78 is 5.38. The first kappa shape index (κ1) is 21.4. The molecule has 0 radical (unpaired) electrons. The molecule has 5 aromatic rings. The van der Waals surface area contributed by atoms with Gasteiger partial charge in [0.25, 0.3) is 5.91 Å². The van der Waals surface area contributed by atoms with Crippen LogP contribution in [0.15, 0.2) is 79.0 Å². The number of nitrogens with one attached hydrogen (secondary N) is 2. The normalized spacial score (nSPS) is 13.9. The van der Waals surface area contributed by atoms with Crippen LogP contribution in [-0.4, -0.2) is 54.1 Å². The number of hydrogen-bond donors (Lipinski definition) is 2. The van der Waals surface area contributed by atoms with Gasteiger partial charge in [0.2, 0.25) is 0 Å². The fourth-order valence-corrected chi connectivity index (χ4v) is 4.88. The summed E-state index contributed by atoms with van der Waals surface area (Å²) in [7, 11) is 1.93. The Bertz CT molecular complexity index is 1520. The number of H-pyrrole nitrogens is 1. The Morgan fingerprint density at radius 2 is 1.74 bits per heavy atom. The van der Waals surface area contributed by atoms with Crippen LogP contribution in [0.2, 0.25) is 0 Å². The monoisotopic (exact) mass is 462 g/mol. The fraction of sp³-hybridized carbons (Fsp3) is 0.172. The molecular formula is C29H26N4O2. The molecule has 0 atom stereocenters. The highest BCUT2D eigenvalue weighted by molar-refractivity contribution is 6.16. The molecule has 3 heterocycles. The van der Waals surface area contributed by atoms with Gasteiger partial charge in [0, 0.05) is 65.0 Å². The topological polar surface area (TPSA) is 70.2 Å². The second kappa shape index (κ2) is 8.89. The number of rotatable bonds is 4. The first-order chi connectivity index (χ1) is 17.2. The van der Waals surface area contributed by atoms with E-state index in [9.17, 15) is 4.79 Å². The lowest BCUT2D eigenvalue weighted by Crippen LogP contribution is -2.40. The van der Waals surface area contributed by atoms with Crippen LogP contribution >= 0.6 is 0 Å². The number of nitrogens with zero attached hydrogens (tertiary/aromatic N) is 2. The number of benzene rings is 3. The lowest BCUT2D eigenvalue weighted by molar-refractivity contribution is 0.0303. The quantitative estimate of drug-likeness (QED) is 0.367. The van der Waals surface area contributed by atoms with Gasteiger partial charge < -0.3 is 19.9 Å². The highest BCUT2D eigenvalue weighted by atomic mass is 16.5. The number of aromatic nitrogens is 2. The predicted octanol–water partition coefficient (Wildman–Crippen LogP) is 5.56. The highest BCUT2D eigenvalue weighted by Crippen LogP contribution is 2.41. The van der Waals surface area contributed by atoms with E-state index < -0.39 is 0 Å². The van der Waals surface area contributed by atoms with Crippen LogP contribution in [-0.2, 0) is 4.74 Å². The zero-order valence-corrected chi connectivity index (χ0v) is 19.5. The Morgan fingerprint density at radius 3 is 2.49 bits per heavy atom. The largest absolute Gasteiger partial charge is 0.388 e. The van der Waals surface area contributed by atoms with Crippen molar-refractivity contribution in [3.05, 3.63) is 84.6 Å². The zero-order valence-electron chi connectivity index (χ0n) is 19.5. The van der Waals surface area contributed by atoms with Crippen LogP contribution in [0.3, 0.4) is 0 Å². The summed E-state index contributed by atoms with van der Waals surface area (Å²) in [6.07, 6.45) is 1.93. The Labute approximate surface area is 203 Å². The molecule has 35 heavy (non-hydrogen) atoms. The van der Waals surface area contributed by atoms with Crippen molar-refractivity contribution < 1.29 is 9.53 Å². The van der Waals surface area contributed by atoms with Crippen LogP contribution in [0, 0.1) is 0 Å². The maximum atomic E-state index is 12.9. The lowest BCUT2D eigenvalue weighted by Gasteiger charge is -2.26. The van der Waals surface area contributed by atoms with Crippen molar-refractivity contribution >= 4 is 33.5 Å². The van der Waals surface area contributed by atoms with Gasteiger partial charge in [-0.05, 0) is 41.5 Å². The van der Waals surface area contributed by atoms with Crippen molar-refractivity contribution in [2.45, 2.75) is 0 Å². The molecule has 1 aliphatic rings.